The van der Waals surface area contributed by atoms with Crippen molar-refractivity contribution in [3.8, 4) is 17.0 Å². The largest absolute Gasteiger partial charge is 0.492 e. The van der Waals surface area contributed by atoms with Crippen LogP contribution < -0.4 is 10.5 Å². The highest BCUT2D eigenvalue weighted by Crippen LogP contribution is 2.31. The van der Waals surface area contributed by atoms with Gasteiger partial charge in [-0.15, -0.1) is 0 Å². The van der Waals surface area contributed by atoms with Crippen molar-refractivity contribution in [3.05, 3.63) is 60.2 Å². The predicted molar refractivity (Wildman–Crippen MR) is 119 cm³/mol. The first-order chi connectivity index (χ1) is 14.6. The van der Waals surface area contributed by atoms with E-state index in [-0.39, 0.29) is 0 Å². The molecule has 1 aromatic heterocycles. The Morgan fingerprint density at radius 2 is 2.00 bits per heavy atom. The summed E-state index contributed by atoms with van der Waals surface area (Å²) in [6.45, 7) is 1.87. The lowest BCUT2D eigenvalue weighted by atomic mass is 10.0. The lowest BCUT2D eigenvalue weighted by Gasteiger charge is -2.19. The van der Waals surface area contributed by atoms with Gasteiger partial charge in [0, 0.05) is 22.6 Å². The number of fused-ring (bicyclic) bond motifs is 2. The van der Waals surface area contributed by atoms with Gasteiger partial charge in [0.15, 0.2) is 0 Å². The molecule has 6 heteroatoms. The highest BCUT2D eigenvalue weighted by atomic mass is 16.5. The minimum atomic E-state index is -0.445. The van der Waals surface area contributed by atoms with Gasteiger partial charge in [-0.05, 0) is 73.6 Å². The van der Waals surface area contributed by atoms with Crippen LogP contribution in [-0.2, 0) is 0 Å². The number of nitrogens with one attached hydrogen (secondary N) is 1. The third kappa shape index (κ3) is 3.39. The third-order valence-corrected chi connectivity index (χ3v) is 6.05. The number of nitrogens with zero attached hydrogens (tertiary/aromatic N) is 2. The number of hydrogen-bond acceptors (Lipinski definition) is 4. The number of H-pyrrole nitrogens is 1. The summed E-state index contributed by atoms with van der Waals surface area (Å²) in [5, 5.41) is 10.6. The van der Waals surface area contributed by atoms with Crippen molar-refractivity contribution in [1.29, 1.82) is 0 Å². The summed E-state index contributed by atoms with van der Waals surface area (Å²) in [7, 11) is 2.16. The Balaban J connectivity index is 1.43. The van der Waals surface area contributed by atoms with Gasteiger partial charge in [0.2, 0.25) is 5.91 Å². The summed E-state index contributed by atoms with van der Waals surface area (Å²) < 4.78 is 6.06. The van der Waals surface area contributed by atoms with Crippen LogP contribution in [0.15, 0.2) is 54.6 Å². The van der Waals surface area contributed by atoms with Crippen molar-refractivity contribution in [1.82, 2.24) is 15.1 Å². The Bertz CT molecular complexity index is 1250. The molecular formula is C24H24N4O2. The van der Waals surface area contributed by atoms with E-state index in [1.807, 2.05) is 18.2 Å². The van der Waals surface area contributed by atoms with Crippen LogP contribution in [-0.4, -0.2) is 47.2 Å². The van der Waals surface area contributed by atoms with Gasteiger partial charge in [-0.25, -0.2) is 0 Å². The molecule has 1 atom stereocenters. The van der Waals surface area contributed by atoms with Crippen LogP contribution in [0.25, 0.3) is 32.9 Å². The maximum absolute atomic E-state index is 11.6. The molecule has 1 aliphatic rings. The number of hydrogen-bond donors (Lipinski definition) is 2. The number of carbonyl (C=O) groups is 1. The van der Waals surface area contributed by atoms with E-state index in [2.05, 4.69) is 46.4 Å². The summed E-state index contributed by atoms with van der Waals surface area (Å²) in [6.07, 6.45) is 2.44. The summed E-state index contributed by atoms with van der Waals surface area (Å²) in [4.78, 5) is 13.9. The van der Waals surface area contributed by atoms with Crippen molar-refractivity contribution >= 4 is 27.6 Å². The van der Waals surface area contributed by atoms with Crippen LogP contribution in [0.2, 0.25) is 0 Å². The molecule has 2 heterocycles. The highest BCUT2D eigenvalue weighted by Gasteiger charge is 2.21. The van der Waals surface area contributed by atoms with Gasteiger partial charge in [-0.2, -0.15) is 5.10 Å². The normalized spacial score (nSPS) is 17.0. The number of likely N-dealkylation sites (N-methyl/N-ethyl adjacent to an activating group) is 1. The van der Waals surface area contributed by atoms with Crippen molar-refractivity contribution < 1.29 is 9.53 Å². The van der Waals surface area contributed by atoms with Crippen LogP contribution in [0.4, 0.5) is 0 Å². The molecule has 0 aliphatic carbocycles. The first-order valence-corrected chi connectivity index (χ1v) is 10.2. The van der Waals surface area contributed by atoms with E-state index in [1.165, 1.54) is 12.8 Å². The van der Waals surface area contributed by atoms with Gasteiger partial charge in [0.1, 0.15) is 12.4 Å². The molecule has 1 aliphatic heterocycles. The summed E-state index contributed by atoms with van der Waals surface area (Å²) in [5.74, 6) is 0.450. The molecule has 5 rings (SSSR count). The number of ether oxygens (including phenoxy) is 1. The number of rotatable bonds is 5. The van der Waals surface area contributed by atoms with Crippen LogP contribution in [0.1, 0.15) is 23.2 Å². The van der Waals surface area contributed by atoms with Gasteiger partial charge in [0.25, 0.3) is 0 Å². The van der Waals surface area contributed by atoms with Crippen LogP contribution in [0, 0.1) is 0 Å². The van der Waals surface area contributed by atoms with E-state index in [4.69, 9.17) is 10.5 Å². The third-order valence-electron chi connectivity index (χ3n) is 6.05. The molecule has 4 aromatic rings. The Morgan fingerprint density at radius 3 is 2.80 bits per heavy atom. The zero-order valence-corrected chi connectivity index (χ0v) is 16.9. The second kappa shape index (κ2) is 7.46. The fraction of sp³-hybridized carbons (Fsp3) is 0.250. The monoisotopic (exact) mass is 400 g/mol. The van der Waals surface area contributed by atoms with E-state index >= 15 is 0 Å². The van der Waals surface area contributed by atoms with Crippen LogP contribution in [0.5, 0.6) is 5.75 Å². The van der Waals surface area contributed by atoms with E-state index in [0.29, 0.717) is 11.6 Å². The minimum absolute atomic E-state index is 0.445. The molecule has 6 nitrogen and oxygen atoms in total. The molecule has 0 spiro atoms. The second-order valence-corrected chi connectivity index (χ2v) is 8.01. The fourth-order valence-corrected chi connectivity index (χ4v) is 4.23. The van der Waals surface area contributed by atoms with Gasteiger partial charge in [-0.1, -0.05) is 18.2 Å². The molecule has 1 amide bonds. The zero-order chi connectivity index (χ0) is 20.7. The van der Waals surface area contributed by atoms with Crippen molar-refractivity contribution in [2.24, 2.45) is 5.73 Å². The Labute approximate surface area is 174 Å². The van der Waals surface area contributed by atoms with Crippen molar-refractivity contribution in [2.45, 2.75) is 18.9 Å². The molecule has 1 unspecified atom stereocenters. The SMILES string of the molecule is CN1CCCC1COc1ccc2cc(-c3n[nH]c4ccc(C(N)=O)cc34)ccc2c1. The molecule has 3 N–H and O–H groups in total. The first kappa shape index (κ1) is 18.6. The maximum Gasteiger partial charge on any atom is 0.248 e. The second-order valence-electron chi connectivity index (χ2n) is 8.01. The molecular weight excluding hydrogens is 376 g/mol. The summed E-state index contributed by atoms with van der Waals surface area (Å²) in [5.41, 5.74) is 8.57. The molecule has 152 valence electrons. The fourth-order valence-electron chi connectivity index (χ4n) is 4.23. The number of aromatic amines is 1. The number of likely N-dealkylation sites (tertiary alicyclic amines) is 1. The lowest BCUT2D eigenvalue weighted by molar-refractivity contribution is 0.100. The minimum Gasteiger partial charge on any atom is -0.492 e. The van der Waals surface area contributed by atoms with Crippen LogP contribution in [0.3, 0.4) is 0 Å². The average molecular weight is 400 g/mol. The summed E-state index contributed by atoms with van der Waals surface area (Å²) >= 11 is 0. The van der Waals surface area contributed by atoms with Gasteiger partial charge in [-0.3, -0.25) is 9.89 Å². The van der Waals surface area contributed by atoms with E-state index in [0.717, 1.165) is 51.8 Å². The molecule has 30 heavy (non-hydrogen) atoms. The van der Waals surface area contributed by atoms with Crippen molar-refractivity contribution in [3.63, 3.8) is 0 Å². The quantitative estimate of drug-likeness (QED) is 0.531. The first-order valence-electron chi connectivity index (χ1n) is 10.2. The molecule has 3 aromatic carbocycles. The topological polar surface area (TPSA) is 84.2 Å². The highest BCUT2D eigenvalue weighted by molar-refractivity contribution is 6.01. The maximum atomic E-state index is 11.6. The molecule has 0 saturated carbocycles. The molecule has 0 bridgehead atoms. The number of amides is 1. The van der Waals surface area contributed by atoms with Crippen molar-refractivity contribution in [2.75, 3.05) is 20.2 Å². The van der Waals surface area contributed by atoms with Gasteiger partial charge < -0.3 is 15.4 Å². The molecule has 1 fully saturated rings. The summed E-state index contributed by atoms with van der Waals surface area (Å²) in [6, 6.07) is 18.2. The number of aromatic nitrogens is 2. The smallest absolute Gasteiger partial charge is 0.248 e. The van der Waals surface area contributed by atoms with E-state index < -0.39 is 5.91 Å². The Morgan fingerprint density at radius 1 is 1.17 bits per heavy atom. The van der Waals surface area contributed by atoms with Gasteiger partial charge >= 0.3 is 0 Å². The molecule has 0 radical (unpaired) electrons. The number of primary amides is 1. The molecule has 1 saturated heterocycles. The average Bonchev–Trinajstić information content (AvgIpc) is 3.37. The predicted octanol–water partition coefficient (Wildman–Crippen LogP) is 3.96. The lowest BCUT2D eigenvalue weighted by Crippen LogP contribution is -2.30. The Hall–Kier alpha value is -3.38. The zero-order valence-electron chi connectivity index (χ0n) is 16.9. The van der Waals surface area contributed by atoms with Crippen LogP contribution >= 0.6 is 0 Å². The standard InChI is InChI=1S/C24H24N4O2/c1-28-10-2-3-19(28)14-30-20-8-6-15-11-17(5-4-16(15)12-20)23-21-13-18(24(25)29)7-9-22(21)26-27-23/h4-9,11-13,19H,2-3,10,14H2,1H3,(H2,25,29)(H,26,27). The number of carbonyl (C=O) groups excluding carboxylic acids is 1. The van der Waals surface area contributed by atoms with E-state index in [9.17, 15) is 4.79 Å². The Kier molecular flexibility index (Phi) is 4.64. The van der Waals surface area contributed by atoms with E-state index in [1.54, 1.807) is 12.1 Å². The number of nitrogens with two attached hydrogens (primary N) is 1. The van der Waals surface area contributed by atoms with Gasteiger partial charge in [0.05, 0.1) is 11.2 Å². The number of benzene rings is 3.